The monoisotopic (exact) mass is 837 g/mol. The van der Waals surface area contributed by atoms with E-state index in [1.54, 1.807) is 0 Å². The third-order valence-corrected chi connectivity index (χ3v) is 11.7. The predicted molar refractivity (Wildman–Crippen MR) is 248 cm³/mol. The average Bonchev–Trinajstić information content (AvgIpc) is 3.19. The van der Waals surface area contributed by atoms with E-state index in [1.807, 2.05) is 21.1 Å². The second-order valence-electron chi connectivity index (χ2n) is 18.4. The summed E-state index contributed by atoms with van der Waals surface area (Å²) >= 11 is 0. The molecule has 0 aliphatic rings. The fraction of sp³-hybridized carbons (Fsp3) is 0.902. The van der Waals surface area contributed by atoms with Gasteiger partial charge in [0.2, 0.25) is 0 Å². The molecule has 0 aliphatic carbocycles. The van der Waals surface area contributed by atoms with Gasteiger partial charge in [0, 0.05) is 19.3 Å². The normalized spacial score (nSPS) is 12.9. The number of unbranched alkanes of at least 4 members (excludes halogenated alkanes) is 30. The van der Waals surface area contributed by atoms with Gasteiger partial charge in [-0.25, -0.2) is 4.79 Å². The summed E-state index contributed by atoms with van der Waals surface area (Å²) in [7, 11) is 5.54. The summed E-state index contributed by atoms with van der Waals surface area (Å²) in [6.07, 6.45) is 46.8. The predicted octanol–water partition coefficient (Wildman–Crippen LogP) is 14.3. The number of hydrogen-bond donors (Lipinski definition) is 1. The van der Waals surface area contributed by atoms with Gasteiger partial charge in [-0.05, 0) is 38.5 Å². The molecule has 0 heterocycles. The largest absolute Gasteiger partial charge is 0.477 e. The molecular formula is C51H98NO7+. The van der Waals surface area contributed by atoms with Crippen molar-refractivity contribution in [3.05, 3.63) is 12.2 Å². The van der Waals surface area contributed by atoms with Crippen molar-refractivity contribution in [3.8, 4) is 0 Å². The van der Waals surface area contributed by atoms with Crippen molar-refractivity contribution in [1.29, 1.82) is 0 Å². The first-order valence-electron chi connectivity index (χ1n) is 25.2. The Morgan fingerprint density at radius 1 is 0.492 bits per heavy atom. The molecule has 0 aliphatic heterocycles. The summed E-state index contributed by atoms with van der Waals surface area (Å²) in [6.45, 7) is 4.77. The van der Waals surface area contributed by atoms with Crippen LogP contribution in [0.5, 0.6) is 0 Å². The number of likely N-dealkylation sites (N-methyl/N-ethyl adjacent to an activating group) is 1. The number of carbonyl (C=O) groups excluding carboxylic acids is 2. The number of ether oxygens (including phenoxy) is 3. The lowest BCUT2D eigenvalue weighted by atomic mass is 10.0. The van der Waals surface area contributed by atoms with Gasteiger partial charge < -0.3 is 23.8 Å². The van der Waals surface area contributed by atoms with E-state index < -0.39 is 18.1 Å². The van der Waals surface area contributed by atoms with E-state index in [4.69, 9.17) is 14.2 Å². The van der Waals surface area contributed by atoms with Gasteiger partial charge in [-0.1, -0.05) is 199 Å². The molecule has 2 unspecified atom stereocenters. The van der Waals surface area contributed by atoms with Crippen LogP contribution in [0.4, 0.5) is 0 Å². The molecular weight excluding hydrogens is 739 g/mol. The van der Waals surface area contributed by atoms with Gasteiger partial charge in [0.05, 0.1) is 34.4 Å². The molecule has 0 aromatic heterocycles. The minimum atomic E-state index is -0.872. The summed E-state index contributed by atoms with van der Waals surface area (Å²) < 4.78 is 17.3. The van der Waals surface area contributed by atoms with Crippen LogP contribution in [0.2, 0.25) is 0 Å². The molecule has 0 radical (unpaired) electrons. The molecule has 348 valence electrons. The summed E-state index contributed by atoms with van der Waals surface area (Å²) in [6, 6.07) is -0.611. The average molecular weight is 837 g/mol. The van der Waals surface area contributed by atoms with Crippen LogP contribution in [-0.4, -0.2) is 80.6 Å². The number of quaternary nitrogens is 1. The summed E-state index contributed by atoms with van der Waals surface area (Å²) in [4.78, 5) is 37.1. The molecule has 0 bridgehead atoms. The highest BCUT2D eigenvalue weighted by Crippen LogP contribution is 2.16. The lowest BCUT2D eigenvalue weighted by molar-refractivity contribution is -0.887. The van der Waals surface area contributed by atoms with Crippen molar-refractivity contribution in [2.75, 3.05) is 41.0 Å². The standard InChI is InChI=1S/C51H97NO7/c1-6-8-10-12-14-16-18-20-22-23-24-25-26-27-28-30-32-34-36-38-40-42-50(54)59-47(45-57-44-43-48(51(55)56)52(3,4)5)46-58-49(53)41-39-37-35-33-31-29-21-19-17-15-13-11-9-7-2/h25-26,47-48H,6-24,27-46H2,1-5H3/p+1/b26-25+. The van der Waals surface area contributed by atoms with Crippen molar-refractivity contribution >= 4 is 17.9 Å². The highest BCUT2D eigenvalue weighted by Gasteiger charge is 2.31. The zero-order chi connectivity index (χ0) is 43.5. The second-order valence-corrected chi connectivity index (χ2v) is 18.4. The number of allylic oxidation sites excluding steroid dienone is 2. The molecule has 0 fully saturated rings. The molecule has 0 saturated heterocycles. The Morgan fingerprint density at radius 3 is 1.22 bits per heavy atom. The minimum absolute atomic E-state index is 0.0463. The summed E-state index contributed by atoms with van der Waals surface area (Å²) in [5.41, 5.74) is 0. The van der Waals surface area contributed by atoms with Gasteiger partial charge in [-0.15, -0.1) is 0 Å². The Bertz CT molecular complexity index is 978. The number of nitrogens with zero attached hydrogens (tertiary/aromatic N) is 1. The van der Waals surface area contributed by atoms with Crippen LogP contribution >= 0.6 is 0 Å². The highest BCUT2D eigenvalue weighted by molar-refractivity contribution is 5.72. The molecule has 1 N–H and O–H groups in total. The van der Waals surface area contributed by atoms with Crippen LogP contribution in [0.25, 0.3) is 0 Å². The van der Waals surface area contributed by atoms with Crippen molar-refractivity contribution < 1.29 is 38.2 Å². The van der Waals surface area contributed by atoms with Crippen molar-refractivity contribution in [2.45, 2.75) is 257 Å². The number of carbonyl (C=O) groups is 3. The molecule has 0 spiro atoms. The smallest absolute Gasteiger partial charge is 0.362 e. The number of carboxylic acid groups (broad SMARTS) is 1. The Hall–Kier alpha value is -1.93. The summed E-state index contributed by atoms with van der Waals surface area (Å²) in [5.74, 6) is -1.45. The maximum absolute atomic E-state index is 12.8. The maximum Gasteiger partial charge on any atom is 0.362 e. The van der Waals surface area contributed by atoms with Crippen LogP contribution in [0, 0.1) is 0 Å². The van der Waals surface area contributed by atoms with Crippen LogP contribution in [-0.2, 0) is 28.6 Å². The number of hydrogen-bond acceptors (Lipinski definition) is 6. The molecule has 0 amide bonds. The first-order chi connectivity index (χ1) is 28.6. The Morgan fingerprint density at radius 2 is 0.847 bits per heavy atom. The van der Waals surface area contributed by atoms with E-state index in [0.29, 0.717) is 19.3 Å². The second kappa shape index (κ2) is 42.7. The highest BCUT2D eigenvalue weighted by atomic mass is 16.6. The van der Waals surface area contributed by atoms with Gasteiger partial charge in [-0.2, -0.15) is 0 Å². The Labute approximate surface area is 365 Å². The Balaban J connectivity index is 4.22. The molecule has 0 rings (SSSR count). The number of rotatable bonds is 46. The summed E-state index contributed by atoms with van der Waals surface area (Å²) in [5, 5.41) is 9.64. The molecule has 0 aromatic rings. The fourth-order valence-corrected chi connectivity index (χ4v) is 7.74. The van der Waals surface area contributed by atoms with Crippen molar-refractivity contribution in [1.82, 2.24) is 0 Å². The molecule has 8 nitrogen and oxygen atoms in total. The zero-order valence-electron chi connectivity index (χ0n) is 39.7. The molecule has 2 atom stereocenters. The number of esters is 2. The van der Waals surface area contributed by atoms with Gasteiger partial charge in [0.15, 0.2) is 12.1 Å². The first-order valence-corrected chi connectivity index (χ1v) is 25.2. The number of aliphatic carboxylic acids is 1. The number of carboxylic acids is 1. The quantitative estimate of drug-likeness (QED) is 0.0282. The van der Waals surface area contributed by atoms with Crippen molar-refractivity contribution in [2.24, 2.45) is 0 Å². The minimum Gasteiger partial charge on any atom is -0.477 e. The topological polar surface area (TPSA) is 99.1 Å². The van der Waals surface area contributed by atoms with Crippen LogP contribution in [0.3, 0.4) is 0 Å². The van der Waals surface area contributed by atoms with E-state index in [-0.39, 0.29) is 36.2 Å². The van der Waals surface area contributed by atoms with Gasteiger partial charge in [0.1, 0.15) is 6.61 Å². The zero-order valence-corrected chi connectivity index (χ0v) is 39.7. The third kappa shape index (κ3) is 41.2. The van der Waals surface area contributed by atoms with Crippen LogP contribution in [0.1, 0.15) is 245 Å². The first kappa shape index (κ1) is 57.1. The van der Waals surface area contributed by atoms with Crippen LogP contribution < -0.4 is 0 Å². The Kier molecular flexibility index (Phi) is 41.3. The van der Waals surface area contributed by atoms with E-state index in [2.05, 4.69) is 26.0 Å². The lowest BCUT2D eigenvalue weighted by Crippen LogP contribution is -2.50. The van der Waals surface area contributed by atoms with Gasteiger partial charge in [-0.3, -0.25) is 9.59 Å². The van der Waals surface area contributed by atoms with Crippen molar-refractivity contribution in [3.63, 3.8) is 0 Å². The maximum atomic E-state index is 12.8. The molecule has 0 saturated carbocycles. The molecule has 8 heteroatoms. The lowest BCUT2D eigenvalue weighted by Gasteiger charge is -2.31. The van der Waals surface area contributed by atoms with E-state index in [1.165, 1.54) is 173 Å². The fourth-order valence-electron chi connectivity index (χ4n) is 7.74. The van der Waals surface area contributed by atoms with Crippen LogP contribution in [0.15, 0.2) is 12.2 Å². The van der Waals surface area contributed by atoms with E-state index >= 15 is 0 Å². The third-order valence-electron chi connectivity index (χ3n) is 11.7. The van der Waals surface area contributed by atoms with Gasteiger partial charge >= 0.3 is 17.9 Å². The molecule has 59 heavy (non-hydrogen) atoms. The van der Waals surface area contributed by atoms with Gasteiger partial charge in [0.25, 0.3) is 0 Å². The molecule has 0 aromatic carbocycles. The van der Waals surface area contributed by atoms with E-state index in [0.717, 1.165) is 38.5 Å². The SMILES string of the molecule is CCCCCCCCCCCC/C=C/CCCCCCCCCC(=O)OC(COCCC(C(=O)O)[N+](C)(C)C)COC(=O)CCCCCCCCCCCCCCCC. The van der Waals surface area contributed by atoms with E-state index in [9.17, 15) is 19.5 Å².